The minimum Gasteiger partial charge on any atom is -0.426 e. The third kappa shape index (κ3) is 2.25. The molecule has 0 spiro atoms. The maximum Gasteiger partial charge on any atom is 0.328 e. The molecule has 0 saturated carbocycles. The summed E-state index contributed by atoms with van der Waals surface area (Å²) in [6, 6.07) is 6.62. The van der Waals surface area contributed by atoms with Crippen LogP contribution in [-0.2, 0) is 4.65 Å². The second-order valence-electron chi connectivity index (χ2n) is 7.52. The van der Waals surface area contributed by atoms with Crippen molar-refractivity contribution in [1.82, 2.24) is 0 Å². The zero-order valence-corrected chi connectivity index (χ0v) is 13.8. The molecule has 0 aliphatic carbocycles. The van der Waals surface area contributed by atoms with Crippen LogP contribution in [0.25, 0.3) is 10.8 Å². The Morgan fingerprint density at radius 3 is 2.36 bits per heavy atom. The van der Waals surface area contributed by atoms with Crippen LogP contribution < -0.4 is 5.46 Å². The van der Waals surface area contributed by atoms with Gasteiger partial charge in [0, 0.05) is 5.39 Å². The van der Waals surface area contributed by atoms with Crippen molar-refractivity contribution in [3.63, 3.8) is 0 Å². The monoisotopic (exact) mass is 302 g/mol. The van der Waals surface area contributed by atoms with Crippen LogP contribution in [0.4, 0.5) is 8.78 Å². The van der Waals surface area contributed by atoms with Gasteiger partial charge >= 0.3 is 6.92 Å². The lowest BCUT2D eigenvalue weighted by Gasteiger charge is -2.34. The highest BCUT2D eigenvalue weighted by molar-refractivity contribution is 6.71. The zero-order chi connectivity index (χ0) is 16.3. The number of benzene rings is 2. The molecule has 1 aliphatic rings. The van der Waals surface area contributed by atoms with Gasteiger partial charge in [-0.15, -0.1) is 0 Å². The number of fused-ring (bicyclic) bond motifs is 1. The molecule has 4 heteroatoms. The fourth-order valence-corrected chi connectivity index (χ4v) is 3.28. The minimum absolute atomic E-state index is 0.0302. The maximum atomic E-state index is 14.4. The van der Waals surface area contributed by atoms with E-state index in [0.29, 0.717) is 5.39 Å². The molecule has 22 heavy (non-hydrogen) atoms. The smallest absolute Gasteiger partial charge is 0.328 e. The molecule has 1 heterocycles. The summed E-state index contributed by atoms with van der Waals surface area (Å²) in [7, 11) is 0. The van der Waals surface area contributed by atoms with Crippen molar-refractivity contribution in [2.45, 2.75) is 46.5 Å². The normalized spacial score (nSPS) is 19.9. The Balaban J connectivity index is 2.22. The number of rotatable bonds is 1. The molecule has 1 fully saturated rings. The Kier molecular flexibility index (Phi) is 3.37. The SMILES string of the molecule is Cc1cc(B2CC(C)(C)C(C)(C)O2)c2c(F)c(F)ccc2c1. The zero-order valence-electron chi connectivity index (χ0n) is 13.8. The average molecular weight is 302 g/mol. The molecule has 1 nitrogen and oxygen atoms in total. The molecule has 0 N–H and O–H groups in total. The second-order valence-corrected chi connectivity index (χ2v) is 7.52. The van der Waals surface area contributed by atoms with Gasteiger partial charge in [0.25, 0.3) is 0 Å². The Morgan fingerprint density at radius 2 is 1.77 bits per heavy atom. The molecule has 0 aromatic heterocycles. The van der Waals surface area contributed by atoms with Crippen molar-refractivity contribution in [3.8, 4) is 0 Å². The standard InChI is InChI=1S/C18H21BF2O/c1-11-8-12-6-7-14(20)16(21)15(12)13(9-11)19-10-17(2,3)18(4,5)22-19/h6-9H,10H2,1-5H3. The third-order valence-corrected chi connectivity index (χ3v) is 5.29. The van der Waals surface area contributed by atoms with Crippen LogP contribution in [0.15, 0.2) is 24.3 Å². The van der Waals surface area contributed by atoms with E-state index in [1.165, 1.54) is 6.07 Å². The molecule has 0 atom stereocenters. The lowest BCUT2D eigenvalue weighted by Crippen LogP contribution is -2.36. The van der Waals surface area contributed by atoms with E-state index in [0.717, 1.165) is 22.7 Å². The van der Waals surface area contributed by atoms with E-state index < -0.39 is 11.6 Å². The molecule has 1 aliphatic heterocycles. The van der Waals surface area contributed by atoms with Crippen LogP contribution in [0.2, 0.25) is 6.32 Å². The highest BCUT2D eigenvalue weighted by Gasteiger charge is 2.50. The summed E-state index contributed by atoms with van der Waals surface area (Å²) in [6.45, 7) is 10.2. The van der Waals surface area contributed by atoms with Crippen molar-refractivity contribution < 1.29 is 13.4 Å². The van der Waals surface area contributed by atoms with Crippen LogP contribution in [0.3, 0.4) is 0 Å². The summed E-state index contributed by atoms with van der Waals surface area (Å²) >= 11 is 0. The van der Waals surface area contributed by atoms with Crippen molar-refractivity contribution >= 4 is 23.2 Å². The number of hydrogen-bond donors (Lipinski definition) is 0. The number of hydrogen-bond acceptors (Lipinski definition) is 1. The summed E-state index contributed by atoms with van der Waals surface area (Å²) in [5.41, 5.74) is 1.44. The maximum absolute atomic E-state index is 14.4. The fraction of sp³-hybridized carbons (Fsp3) is 0.444. The van der Waals surface area contributed by atoms with E-state index in [-0.39, 0.29) is 17.9 Å². The highest BCUT2D eigenvalue weighted by atomic mass is 19.2. The number of aryl methyl sites for hydroxylation is 1. The molecule has 2 aromatic carbocycles. The predicted octanol–water partition coefficient (Wildman–Crippen LogP) is 4.46. The topological polar surface area (TPSA) is 9.23 Å². The van der Waals surface area contributed by atoms with Crippen molar-refractivity contribution in [3.05, 3.63) is 41.5 Å². The molecule has 3 rings (SSSR count). The van der Waals surface area contributed by atoms with Crippen molar-refractivity contribution in [2.75, 3.05) is 0 Å². The third-order valence-electron chi connectivity index (χ3n) is 5.29. The Hall–Kier alpha value is -1.42. The van der Waals surface area contributed by atoms with Crippen LogP contribution in [0, 0.1) is 24.0 Å². The first-order valence-corrected chi connectivity index (χ1v) is 7.68. The largest absolute Gasteiger partial charge is 0.426 e. The van der Waals surface area contributed by atoms with Gasteiger partial charge in [0.1, 0.15) is 0 Å². The van der Waals surface area contributed by atoms with E-state index >= 15 is 0 Å². The van der Waals surface area contributed by atoms with Gasteiger partial charge in [-0.05, 0) is 49.4 Å². The molecule has 0 unspecified atom stereocenters. The predicted molar refractivity (Wildman–Crippen MR) is 87.7 cm³/mol. The van der Waals surface area contributed by atoms with Gasteiger partial charge in [0.15, 0.2) is 11.6 Å². The van der Waals surface area contributed by atoms with E-state index in [9.17, 15) is 8.78 Å². The Bertz CT molecular complexity index is 736. The summed E-state index contributed by atoms with van der Waals surface area (Å²) < 4.78 is 34.3. The van der Waals surface area contributed by atoms with Crippen molar-refractivity contribution in [2.24, 2.45) is 5.41 Å². The van der Waals surface area contributed by atoms with Gasteiger partial charge in [0.2, 0.25) is 0 Å². The molecule has 0 radical (unpaired) electrons. The minimum atomic E-state index is -0.811. The van der Waals surface area contributed by atoms with Gasteiger partial charge in [-0.3, -0.25) is 0 Å². The number of halogens is 2. The van der Waals surface area contributed by atoms with Gasteiger partial charge in [-0.2, -0.15) is 0 Å². The van der Waals surface area contributed by atoms with Gasteiger partial charge in [-0.1, -0.05) is 37.6 Å². The van der Waals surface area contributed by atoms with E-state index in [2.05, 4.69) is 27.7 Å². The van der Waals surface area contributed by atoms with Gasteiger partial charge in [-0.25, -0.2) is 8.78 Å². The highest BCUT2D eigenvalue weighted by Crippen LogP contribution is 2.45. The summed E-state index contributed by atoms with van der Waals surface area (Å²) in [5.74, 6) is -1.59. The first-order chi connectivity index (χ1) is 10.1. The summed E-state index contributed by atoms with van der Waals surface area (Å²) in [5, 5.41) is 1.07. The van der Waals surface area contributed by atoms with Gasteiger partial charge < -0.3 is 4.65 Å². The molecule has 0 amide bonds. The van der Waals surface area contributed by atoms with E-state index in [1.807, 2.05) is 19.1 Å². The van der Waals surface area contributed by atoms with Crippen LogP contribution in [0.5, 0.6) is 0 Å². The fourth-order valence-electron chi connectivity index (χ4n) is 3.28. The molecular weight excluding hydrogens is 281 g/mol. The lowest BCUT2D eigenvalue weighted by atomic mass is 9.53. The Morgan fingerprint density at radius 1 is 1.09 bits per heavy atom. The molecule has 0 bridgehead atoms. The van der Waals surface area contributed by atoms with E-state index in [1.54, 1.807) is 6.07 Å². The van der Waals surface area contributed by atoms with Gasteiger partial charge in [0.05, 0.1) is 5.60 Å². The molecule has 2 aromatic rings. The molecule has 1 saturated heterocycles. The first kappa shape index (κ1) is 15.5. The van der Waals surface area contributed by atoms with Crippen LogP contribution in [-0.4, -0.2) is 12.5 Å². The van der Waals surface area contributed by atoms with E-state index in [4.69, 9.17) is 4.65 Å². The average Bonchev–Trinajstić information content (AvgIpc) is 2.62. The van der Waals surface area contributed by atoms with Crippen LogP contribution >= 0.6 is 0 Å². The van der Waals surface area contributed by atoms with Crippen molar-refractivity contribution in [1.29, 1.82) is 0 Å². The quantitative estimate of drug-likeness (QED) is 0.707. The summed E-state index contributed by atoms with van der Waals surface area (Å²) in [6.07, 6.45) is 0.786. The van der Waals surface area contributed by atoms with Crippen LogP contribution in [0.1, 0.15) is 33.3 Å². The molecular formula is C18H21BF2O. The molecule has 116 valence electrons. The summed E-state index contributed by atoms with van der Waals surface area (Å²) in [4.78, 5) is 0. The lowest BCUT2D eigenvalue weighted by molar-refractivity contribution is 0.0376. The first-order valence-electron chi connectivity index (χ1n) is 7.68. The Labute approximate surface area is 130 Å². The second kappa shape index (κ2) is 4.79.